The molecule has 1 saturated heterocycles. The molecule has 0 unspecified atom stereocenters. The third-order valence-corrected chi connectivity index (χ3v) is 3.84. The van der Waals surface area contributed by atoms with E-state index in [0.717, 1.165) is 49.9 Å². The number of nitrogens with two attached hydrogens (primary N) is 1. The van der Waals surface area contributed by atoms with Crippen molar-refractivity contribution in [3.63, 3.8) is 0 Å². The van der Waals surface area contributed by atoms with Gasteiger partial charge < -0.3 is 15.8 Å². The van der Waals surface area contributed by atoms with Crippen LogP contribution in [0.1, 0.15) is 24.6 Å². The number of rotatable bonds is 3. The molecular weight excluding hydrogens is 258 g/mol. The summed E-state index contributed by atoms with van der Waals surface area (Å²) in [6, 6.07) is 0. The zero-order valence-electron chi connectivity index (χ0n) is 11.2. The molecule has 2 aliphatic heterocycles. The highest BCUT2D eigenvalue weighted by Crippen LogP contribution is 2.41. The number of nitrogen functional groups attached to an aromatic ring is 1. The van der Waals surface area contributed by atoms with Gasteiger partial charge in [0.2, 0.25) is 0 Å². The van der Waals surface area contributed by atoms with Gasteiger partial charge in [0.05, 0.1) is 19.3 Å². The first kappa shape index (κ1) is 12.1. The minimum absolute atomic E-state index is 0.143. The molecule has 20 heavy (non-hydrogen) atoms. The molecule has 2 fully saturated rings. The number of fused-ring (bicyclic) bond motifs is 1. The molecule has 8 nitrogen and oxygen atoms in total. The van der Waals surface area contributed by atoms with Crippen molar-refractivity contribution >= 4 is 17.3 Å². The van der Waals surface area contributed by atoms with E-state index in [1.807, 2.05) is 5.01 Å². The van der Waals surface area contributed by atoms with Crippen LogP contribution in [0.4, 0.5) is 17.3 Å². The Balaban J connectivity index is 1.56. The minimum Gasteiger partial charge on any atom is -0.382 e. The van der Waals surface area contributed by atoms with Crippen molar-refractivity contribution < 1.29 is 4.74 Å². The zero-order chi connectivity index (χ0) is 13.5. The molecule has 4 rings (SSSR count). The molecule has 0 bridgehead atoms. The van der Waals surface area contributed by atoms with Gasteiger partial charge in [-0.2, -0.15) is 0 Å². The highest BCUT2D eigenvalue weighted by molar-refractivity contribution is 5.78. The van der Waals surface area contributed by atoms with Gasteiger partial charge in [0.1, 0.15) is 11.5 Å². The van der Waals surface area contributed by atoms with Gasteiger partial charge >= 0.3 is 0 Å². The van der Waals surface area contributed by atoms with Gasteiger partial charge in [0, 0.05) is 19.0 Å². The second-order valence-corrected chi connectivity index (χ2v) is 5.48. The van der Waals surface area contributed by atoms with Gasteiger partial charge in [-0.1, -0.05) is 0 Å². The first-order valence-corrected chi connectivity index (χ1v) is 7.10. The smallest absolute Gasteiger partial charge is 0.175 e. The molecule has 1 aromatic heterocycles. The third kappa shape index (κ3) is 2.15. The van der Waals surface area contributed by atoms with Crippen LogP contribution in [0.3, 0.4) is 0 Å². The number of ether oxygens (including phenoxy) is 1. The van der Waals surface area contributed by atoms with Gasteiger partial charge in [-0.15, -0.1) is 5.53 Å². The number of morpholine rings is 1. The summed E-state index contributed by atoms with van der Waals surface area (Å²) >= 11 is 0. The third-order valence-electron chi connectivity index (χ3n) is 3.84. The monoisotopic (exact) mass is 277 g/mol. The van der Waals surface area contributed by atoms with E-state index in [1.165, 1.54) is 0 Å². The largest absolute Gasteiger partial charge is 0.382 e. The lowest BCUT2D eigenvalue weighted by molar-refractivity contribution is 0.0324. The first-order valence-electron chi connectivity index (χ1n) is 7.10. The lowest BCUT2D eigenvalue weighted by Gasteiger charge is -2.27. The summed E-state index contributed by atoms with van der Waals surface area (Å²) in [7, 11) is 0. The Bertz CT molecular complexity index is 513. The normalized spacial score (nSPS) is 25.4. The maximum atomic E-state index is 6.01. The molecule has 0 radical (unpaired) electrons. The van der Waals surface area contributed by atoms with Gasteiger partial charge in [0.15, 0.2) is 11.6 Å². The molecule has 0 amide bonds. The van der Waals surface area contributed by atoms with Gasteiger partial charge in [-0.05, 0) is 12.8 Å². The molecule has 5 N–H and O–H groups in total. The summed E-state index contributed by atoms with van der Waals surface area (Å²) in [6.45, 7) is 3.23. The van der Waals surface area contributed by atoms with Crippen LogP contribution < -0.4 is 27.0 Å². The average Bonchev–Trinajstić information content (AvgIpc) is 3.24. The molecule has 108 valence electrons. The van der Waals surface area contributed by atoms with E-state index in [-0.39, 0.29) is 6.10 Å². The molecule has 0 spiro atoms. The van der Waals surface area contributed by atoms with Crippen molar-refractivity contribution in [3.05, 3.63) is 5.82 Å². The maximum absolute atomic E-state index is 6.01. The fourth-order valence-electron chi connectivity index (χ4n) is 2.57. The number of anilines is 3. The maximum Gasteiger partial charge on any atom is 0.175 e. The quantitative estimate of drug-likeness (QED) is 0.591. The standard InChI is InChI=1S/C12H19N7O/c13-10-9-12(16-11(15-10)7-1-2-7)19(18-17-9)6-8-5-14-3-4-20-8/h7-8,14,17-18H,1-6H2,(H2,13,15,16)/t8-/m1/s1. The molecule has 1 atom stereocenters. The summed E-state index contributed by atoms with van der Waals surface area (Å²) in [6.07, 6.45) is 2.47. The van der Waals surface area contributed by atoms with Crippen LogP contribution in [-0.2, 0) is 4.74 Å². The SMILES string of the molecule is Nc1nc(C2CC2)nc2c1NNN2C[C@H]1CNCCO1. The number of aromatic nitrogens is 2. The van der Waals surface area contributed by atoms with Gasteiger partial charge in [-0.3, -0.25) is 10.4 Å². The van der Waals surface area contributed by atoms with Crippen molar-refractivity contribution in [3.8, 4) is 0 Å². The van der Waals surface area contributed by atoms with E-state index in [9.17, 15) is 0 Å². The van der Waals surface area contributed by atoms with Crippen molar-refractivity contribution in [1.29, 1.82) is 0 Å². The van der Waals surface area contributed by atoms with Crippen LogP contribution in [-0.4, -0.2) is 42.3 Å². The van der Waals surface area contributed by atoms with E-state index in [4.69, 9.17) is 10.5 Å². The minimum atomic E-state index is 0.143. The summed E-state index contributed by atoms with van der Waals surface area (Å²) in [5.74, 6) is 2.68. The highest BCUT2D eigenvalue weighted by atomic mass is 16.5. The first-order chi connectivity index (χ1) is 9.81. The lowest BCUT2D eigenvalue weighted by atomic mass is 10.3. The number of nitrogens with one attached hydrogen (secondary N) is 3. The predicted octanol–water partition coefficient (Wildman–Crippen LogP) is -0.424. The van der Waals surface area contributed by atoms with Crippen LogP contribution in [0.15, 0.2) is 0 Å². The van der Waals surface area contributed by atoms with E-state index in [1.54, 1.807) is 0 Å². The van der Waals surface area contributed by atoms with Crippen LogP contribution in [0.2, 0.25) is 0 Å². The van der Waals surface area contributed by atoms with E-state index >= 15 is 0 Å². The number of hydrogen-bond acceptors (Lipinski definition) is 8. The van der Waals surface area contributed by atoms with E-state index < -0.39 is 0 Å². The molecular formula is C12H19N7O. The van der Waals surface area contributed by atoms with Gasteiger partial charge in [0.25, 0.3) is 0 Å². The van der Waals surface area contributed by atoms with Crippen LogP contribution in [0.5, 0.6) is 0 Å². The molecule has 1 aromatic rings. The second-order valence-electron chi connectivity index (χ2n) is 5.48. The predicted molar refractivity (Wildman–Crippen MR) is 75.1 cm³/mol. The fourth-order valence-corrected chi connectivity index (χ4v) is 2.57. The van der Waals surface area contributed by atoms with E-state index in [2.05, 4.69) is 26.2 Å². The molecule has 0 aromatic carbocycles. The van der Waals surface area contributed by atoms with Crippen molar-refractivity contribution in [2.24, 2.45) is 0 Å². The summed E-state index contributed by atoms with van der Waals surface area (Å²) in [4.78, 5) is 9.04. The lowest BCUT2D eigenvalue weighted by Crippen LogP contribution is -2.48. The topological polar surface area (TPSA) is 100 Å². The Hall–Kier alpha value is -1.64. The Morgan fingerprint density at radius 2 is 2.25 bits per heavy atom. The molecule has 8 heteroatoms. The van der Waals surface area contributed by atoms with Crippen molar-refractivity contribution in [1.82, 2.24) is 20.8 Å². The molecule has 1 saturated carbocycles. The number of hydrazine groups is 2. The Morgan fingerprint density at radius 1 is 1.35 bits per heavy atom. The fraction of sp³-hybridized carbons (Fsp3) is 0.667. The Morgan fingerprint density at radius 3 is 3.00 bits per heavy atom. The summed E-state index contributed by atoms with van der Waals surface area (Å²) < 4.78 is 5.73. The highest BCUT2D eigenvalue weighted by Gasteiger charge is 2.32. The number of hydrogen-bond donors (Lipinski definition) is 4. The van der Waals surface area contributed by atoms with E-state index in [0.29, 0.717) is 18.3 Å². The van der Waals surface area contributed by atoms with Crippen molar-refractivity contribution in [2.75, 3.05) is 42.4 Å². The average molecular weight is 277 g/mol. The summed E-state index contributed by atoms with van der Waals surface area (Å²) in [5, 5.41) is 5.28. The zero-order valence-corrected chi connectivity index (χ0v) is 11.2. The summed E-state index contributed by atoms with van der Waals surface area (Å²) in [5.41, 5.74) is 12.9. The molecule has 3 aliphatic rings. The van der Waals surface area contributed by atoms with Crippen molar-refractivity contribution in [2.45, 2.75) is 24.9 Å². The molecule has 1 aliphatic carbocycles. The van der Waals surface area contributed by atoms with Crippen LogP contribution in [0, 0.1) is 0 Å². The second kappa shape index (κ2) is 4.72. The van der Waals surface area contributed by atoms with Gasteiger partial charge in [-0.25, -0.2) is 9.97 Å². The Kier molecular flexibility index (Phi) is 2.86. The number of nitrogens with zero attached hydrogens (tertiary/aromatic N) is 3. The van der Waals surface area contributed by atoms with Crippen LogP contribution in [0.25, 0.3) is 0 Å². The van der Waals surface area contributed by atoms with Crippen LogP contribution >= 0.6 is 0 Å². The molecule has 3 heterocycles. The Labute approximate surface area is 117 Å².